The molecule has 1 N–H and O–H groups in total. The molecule has 1 aliphatic heterocycles. The predicted molar refractivity (Wildman–Crippen MR) is 92.6 cm³/mol. The first-order valence-electron chi connectivity index (χ1n) is 8.32. The Labute approximate surface area is 142 Å². The summed E-state index contributed by atoms with van der Waals surface area (Å²) in [6, 6.07) is 10.0. The predicted octanol–water partition coefficient (Wildman–Crippen LogP) is 3.66. The van der Waals surface area contributed by atoms with E-state index in [1.807, 2.05) is 42.2 Å². The summed E-state index contributed by atoms with van der Waals surface area (Å²) in [4.78, 5) is 26.6. The van der Waals surface area contributed by atoms with Gasteiger partial charge in [0.2, 0.25) is 5.91 Å². The van der Waals surface area contributed by atoms with E-state index in [4.69, 9.17) is 5.11 Å². The lowest BCUT2D eigenvalue weighted by atomic mass is 9.93. The van der Waals surface area contributed by atoms with E-state index in [1.54, 1.807) is 11.8 Å². The number of likely N-dealkylation sites (tertiary alicyclic amines) is 1. The molecule has 1 amide bonds. The zero-order chi connectivity index (χ0) is 16.7. The second-order valence-electron chi connectivity index (χ2n) is 6.05. The number of piperidine rings is 1. The van der Waals surface area contributed by atoms with Crippen LogP contribution in [-0.4, -0.2) is 40.2 Å². The molecule has 1 heterocycles. The molecule has 23 heavy (non-hydrogen) atoms. The standard InChI is InChI=1S/C18H25NO3S/c1-2-16(23-15-8-4-3-5-9-15)18(22)19-12-6-7-14(13-19)10-11-17(20)21/h3-5,8-9,14,16H,2,6-7,10-13H2,1H3,(H,20,21). The molecule has 2 atom stereocenters. The second-order valence-corrected chi connectivity index (χ2v) is 7.33. The molecule has 5 heteroatoms. The fraction of sp³-hybridized carbons (Fsp3) is 0.556. The Morgan fingerprint density at radius 1 is 1.35 bits per heavy atom. The van der Waals surface area contributed by atoms with Crippen LogP contribution in [0, 0.1) is 5.92 Å². The van der Waals surface area contributed by atoms with Crippen molar-refractivity contribution < 1.29 is 14.7 Å². The molecule has 1 aliphatic rings. The van der Waals surface area contributed by atoms with Crippen molar-refractivity contribution in [1.29, 1.82) is 0 Å². The summed E-state index contributed by atoms with van der Waals surface area (Å²) in [6.45, 7) is 3.55. The van der Waals surface area contributed by atoms with E-state index in [9.17, 15) is 9.59 Å². The molecule has 1 aromatic rings. The molecule has 0 aliphatic carbocycles. The molecular formula is C18H25NO3S. The fourth-order valence-electron chi connectivity index (χ4n) is 3.00. The topological polar surface area (TPSA) is 57.6 Å². The number of nitrogens with zero attached hydrogens (tertiary/aromatic N) is 1. The number of amides is 1. The average Bonchev–Trinajstić information content (AvgIpc) is 2.58. The van der Waals surface area contributed by atoms with E-state index in [2.05, 4.69) is 0 Å². The quantitative estimate of drug-likeness (QED) is 0.773. The monoisotopic (exact) mass is 335 g/mol. The second kappa shape index (κ2) is 8.96. The van der Waals surface area contributed by atoms with Crippen LogP contribution in [0.25, 0.3) is 0 Å². The first kappa shape index (κ1) is 17.9. The summed E-state index contributed by atoms with van der Waals surface area (Å²) in [6.07, 6.45) is 3.67. The number of hydrogen-bond acceptors (Lipinski definition) is 3. The van der Waals surface area contributed by atoms with Gasteiger partial charge in [0.25, 0.3) is 0 Å². The smallest absolute Gasteiger partial charge is 0.303 e. The van der Waals surface area contributed by atoms with Gasteiger partial charge in [-0.2, -0.15) is 0 Å². The van der Waals surface area contributed by atoms with Gasteiger partial charge in [-0.15, -0.1) is 11.8 Å². The Hall–Kier alpha value is -1.49. The molecule has 1 saturated heterocycles. The van der Waals surface area contributed by atoms with Crippen molar-refractivity contribution in [3.63, 3.8) is 0 Å². The Morgan fingerprint density at radius 2 is 2.09 bits per heavy atom. The van der Waals surface area contributed by atoms with Gasteiger partial charge in [0.15, 0.2) is 0 Å². The number of carbonyl (C=O) groups excluding carboxylic acids is 1. The van der Waals surface area contributed by atoms with Crippen molar-refractivity contribution >= 4 is 23.6 Å². The molecule has 0 bridgehead atoms. The molecule has 1 aromatic carbocycles. The van der Waals surface area contributed by atoms with Crippen molar-refractivity contribution in [2.24, 2.45) is 5.92 Å². The van der Waals surface area contributed by atoms with Crippen LogP contribution < -0.4 is 0 Å². The summed E-state index contributed by atoms with van der Waals surface area (Å²) in [5, 5.41) is 8.77. The van der Waals surface area contributed by atoms with Crippen molar-refractivity contribution in [3.8, 4) is 0 Å². The highest BCUT2D eigenvalue weighted by molar-refractivity contribution is 8.00. The van der Waals surface area contributed by atoms with E-state index in [-0.39, 0.29) is 17.6 Å². The van der Waals surface area contributed by atoms with E-state index >= 15 is 0 Å². The normalized spacial score (nSPS) is 19.3. The van der Waals surface area contributed by atoms with Gasteiger partial charge in [-0.25, -0.2) is 0 Å². The van der Waals surface area contributed by atoms with E-state index in [1.165, 1.54) is 0 Å². The molecule has 0 spiro atoms. The van der Waals surface area contributed by atoms with Gasteiger partial charge in [0.05, 0.1) is 5.25 Å². The maximum Gasteiger partial charge on any atom is 0.303 e. The molecule has 4 nitrogen and oxygen atoms in total. The maximum atomic E-state index is 12.8. The summed E-state index contributed by atoms with van der Waals surface area (Å²) in [5.41, 5.74) is 0. The van der Waals surface area contributed by atoms with Gasteiger partial charge in [-0.05, 0) is 43.7 Å². The summed E-state index contributed by atoms with van der Waals surface area (Å²) >= 11 is 1.62. The van der Waals surface area contributed by atoms with Crippen LogP contribution in [0.15, 0.2) is 35.2 Å². The minimum atomic E-state index is -0.750. The first-order valence-corrected chi connectivity index (χ1v) is 9.20. The number of rotatable bonds is 7. The number of carboxylic acids is 1. The van der Waals surface area contributed by atoms with E-state index < -0.39 is 5.97 Å². The van der Waals surface area contributed by atoms with Crippen LogP contribution in [0.3, 0.4) is 0 Å². The van der Waals surface area contributed by atoms with Crippen LogP contribution in [0.4, 0.5) is 0 Å². The Balaban J connectivity index is 1.92. The lowest BCUT2D eigenvalue weighted by molar-refractivity contribution is -0.137. The zero-order valence-electron chi connectivity index (χ0n) is 13.6. The van der Waals surface area contributed by atoms with Crippen molar-refractivity contribution in [1.82, 2.24) is 4.90 Å². The summed E-state index contributed by atoms with van der Waals surface area (Å²) in [7, 11) is 0. The molecule has 0 saturated carbocycles. The number of aliphatic carboxylic acids is 1. The molecular weight excluding hydrogens is 310 g/mol. The number of carboxylic acid groups (broad SMARTS) is 1. The van der Waals surface area contributed by atoms with Gasteiger partial charge in [-0.1, -0.05) is 25.1 Å². The van der Waals surface area contributed by atoms with Gasteiger partial charge < -0.3 is 10.0 Å². The fourth-order valence-corrected chi connectivity index (χ4v) is 4.06. The van der Waals surface area contributed by atoms with E-state index in [0.29, 0.717) is 18.9 Å². The third kappa shape index (κ3) is 5.57. The SMILES string of the molecule is CCC(Sc1ccccc1)C(=O)N1CCCC(CCC(=O)O)C1. The van der Waals surface area contributed by atoms with Crippen LogP contribution in [0.1, 0.15) is 39.0 Å². The third-order valence-electron chi connectivity index (χ3n) is 4.26. The number of thioether (sulfide) groups is 1. The lowest BCUT2D eigenvalue weighted by Crippen LogP contribution is -2.44. The van der Waals surface area contributed by atoms with Gasteiger partial charge in [0.1, 0.15) is 0 Å². The van der Waals surface area contributed by atoms with Crippen LogP contribution in [-0.2, 0) is 9.59 Å². The molecule has 126 valence electrons. The molecule has 1 fully saturated rings. The molecule has 0 aromatic heterocycles. The third-order valence-corrected chi connectivity index (χ3v) is 5.63. The number of carbonyl (C=O) groups is 2. The van der Waals surface area contributed by atoms with E-state index in [0.717, 1.165) is 30.7 Å². The molecule has 2 rings (SSSR count). The highest BCUT2D eigenvalue weighted by Crippen LogP contribution is 2.29. The maximum absolute atomic E-state index is 12.8. The highest BCUT2D eigenvalue weighted by atomic mass is 32.2. The molecule has 2 unspecified atom stereocenters. The van der Waals surface area contributed by atoms with Crippen molar-refractivity contribution in [2.45, 2.75) is 49.2 Å². The highest BCUT2D eigenvalue weighted by Gasteiger charge is 2.28. The Kier molecular flexibility index (Phi) is 6.96. The zero-order valence-corrected chi connectivity index (χ0v) is 14.4. The minimum absolute atomic E-state index is 0.0596. The van der Waals surface area contributed by atoms with Crippen LogP contribution >= 0.6 is 11.8 Å². The van der Waals surface area contributed by atoms with Gasteiger partial charge >= 0.3 is 5.97 Å². The van der Waals surface area contributed by atoms with Gasteiger partial charge in [0, 0.05) is 24.4 Å². The minimum Gasteiger partial charge on any atom is -0.481 e. The van der Waals surface area contributed by atoms with Crippen molar-refractivity contribution in [2.75, 3.05) is 13.1 Å². The van der Waals surface area contributed by atoms with Gasteiger partial charge in [-0.3, -0.25) is 9.59 Å². The number of hydrogen-bond donors (Lipinski definition) is 1. The average molecular weight is 335 g/mol. The Bertz CT molecular complexity index is 520. The van der Waals surface area contributed by atoms with Crippen LogP contribution in [0.2, 0.25) is 0 Å². The molecule has 0 radical (unpaired) electrons. The van der Waals surface area contributed by atoms with Crippen LogP contribution in [0.5, 0.6) is 0 Å². The first-order chi connectivity index (χ1) is 11.1. The number of benzene rings is 1. The largest absolute Gasteiger partial charge is 0.481 e. The summed E-state index contributed by atoms with van der Waals surface area (Å²) in [5.74, 6) is -0.232. The summed E-state index contributed by atoms with van der Waals surface area (Å²) < 4.78 is 0. The lowest BCUT2D eigenvalue weighted by Gasteiger charge is -2.34. The van der Waals surface area contributed by atoms with Crippen molar-refractivity contribution in [3.05, 3.63) is 30.3 Å². The Morgan fingerprint density at radius 3 is 2.74 bits per heavy atom.